The summed E-state index contributed by atoms with van der Waals surface area (Å²) in [6.07, 6.45) is 2.29. The van der Waals surface area contributed by atoms with Crippen LogP contribution < -0.4 is 9.46 Å². The van der Waals surface area contributed by atoms with Crippen LogP contribution in [0.2, 0.25) is 0 Å². The third kappa shape index (κ3) is 5.09. The smallest absolute Gasteiger partial charge is 0.341 e. The van der Waals surface area contributed by atoms with Gasteiger partial charge < -0.3 is 9.84 Å². The monoisotopic (exact) mass is 616 g/mol. The van der Waals surface area contributed by atoms with Crippen molar-refractivity contribution in [1.29, 1.82) is 0 Å². The van der Waals surface area contributed by atoms with Crippen molar-refractivity contribution in [1.82, 2.24) is 9.71 Å². The number of carboxylic acid groups (broad SMARTS) is 1. The molecule has 0 unspecified atom stereocenters. The third-order valence-corrected chi connectivity index (χ3v) is 9.76. The second-order valence-corrected chi connectivity index (χ2v) is 12.6. The number of nitrogens with zero attached hydrogens (tertiary/aromatic N) is 1. The normalized spacial score (nSPS) is 13.9. The van der Waals surface area contributed by atoms with E-state index in [4.69, 9.17) is 4.74 Å². The van der Waals surface area contributed by atoms with Gasteiger partial charge in [-0.05, 0) is 89.2 Å². The molecule has 0 aliphatic rings. The lowest BCUT2D eigenvalue weighted by Gasteiger charge is -2.33. The lowest BCUT2D eigenvalue weighted by molar-refractivity contribution is -0.141. The van der Waals surface area contributed by atoms with Crippen molar-refractivity contribution in [2.75, 3.05) is 0 Å². The Labute approximate surface area is 211 Å². The van der Waals surface area contributed by atoms with E-state index >= 15 is 0 Å². The van der Waals surface area contributed by atoms with E-state index in [9.17, 15) is 26.7 Å². The molecular formula is C22H21IN2O7S2. The van der Waals surface area contributed by atoms with Gasteiger partial charge in [-0.1, -0.05) is 13.8 Å². The highest BCUT2D eigenvalue weighted by Gasteiger charge is 2.57. The summed E-state index contributed by atoms with van der Waals surface area (Å²) in [6, 6.07) is 14.9. The number of halogens is 1. The highest BCUT2D eigenvalue weighted by Crippen LogP contribution is 2.33. The van der Waals surface area contributed by atoms with Gasteiger partial charge in [0.2, 0.25) is 24.7 Å². The topological polar surface area (TPSA) is 140 Å². The second-order valence-electron chi connectivity index (χ2n) is 7.52. The van der Waals surface area contributed by atoms with Crippen molar-refractivity contribution in [3.8, 4) is 11.5 Å². The van der Waals surface area contributed by atoms with Crippen molar-refractivity contribution >= 4 is 48.4 Å². The Morgan fingerprint density at radius 3 is 2.00 bits per heavy atom. The van der Waals surface area contributed by atoms with Gasteiger partial charge in [0.15, 0.2) is 0 Å². The van der Waals surface area contributed by atoms with Crippen LogP contribution in [0.3, 0.4) is 0 Å². The van der Waals surface area contributed by atoms with Gasteiger partial charge in [0, 0.05) is 16.0 Å². The Hall–Kier alpha value is -2.55. The number of nitrogens with one attached hydrogen (secondary N) is 1. The molecule has 2 N–H and O–H groups in total. The molecular weight excluding hydrogens is 595 g/mol. The fraction of sp³-hybridized carbons (Fsp3) is 0.182. The van der Waals surface area contributed by atoms with Gasteiger partial charge in [0.05, 0.1) is 9.79 Å². The molecule has 9 nitrogen and oxygen atoms in total. The van der Waals surface area contributed by atoms with Crippen molar-refractivity contribution in [3.63, 3.8) is 0 Å². The largest absolute Gasteiger partial charge is 0.479 e. The maximum atomic E-state index is 13.4. The summed E-state index contributed by atoms with van der Waals surface area (Å²) in [5, 5.41) is 9.98. The quantitative estimate of drug-likeness (QED) is 0.348. The average molecular weight is 616 g/mol. The molecule has 0 spiro atoms. The lowest BCUT2D eigenvalue weighted by atomic mass is 10.1. The van der Waals surface area contributed by atoms with E-state index in [1.807, 2.05) is 16.9 Å². The molecule has 1 heterocycles. The Kier molecular flexibility index (Phi) is 7.65. The summed E-state index contributed by atoms with van der Waals surface area (Å²) in [5.74, 6) is -2.14. The van der Waals surface area contributed by atoms with Crippen LogP contribution in [0.25, 0.3) is 0 Å². The van der Waals surface area contributed by atoms with Gasteiger partial charge in [-0.15, -0.1) is 0 Å². The van der Waals surface area contributed by atoms with Crippen molar-refractivity contribution in [2.45, 2.75) is 28.5 Å². The van der Waals surface area contributed by atoms with Crippen LogP contribution in [-0.4, -0.2) is 37.8 Å². The molecule has 0 saturated carbocycles. The first-order valence-electron chi connectivity index (χ1n) is 9.85. The Balaban J connectivity index is 1.98. The number of sulfone groups is 1. The standard InChI is InChI=1S/C22H21IN2O7S2/c1-15(2)22(21(26)27,33(28,29)20-4-3-13-24-14-20)25-34(30,31)19-11-9-18(10-12-19)32-17-7-5-16(23)6-8-17/h3-15,25H,1-2H3,(H,26,27)/t22-/m1/s1. The van der Waals surface area contributed by atoms with Gasteiger partial charge in [-0.25, -0.2) is 21.6 Å². The summed E-state index contributed by atoms with van der Waals surface area (Å²) >= 11 is 2.15. The van der Waals surface area contributed by atoms with Gasteiger partial charge in [0.25, 0.3) is 0 Å². The number of carboxylic acids is 1. The van der Waals surface area contributed by atoms with Crippen LogP contribution in [-0.2, 0) is 24.7 Å². The molecule has 0 radical (unpaired) electrons. The summed E-state index contributed by atoms with van der Waals surface area (Å²) in [7, 11) is -9.31. The van der Waals surface area contributed by atoms with Gasteiger partial charge in [0.1, 0.15) is 11.5 Å². The molecule has 1 atom stereocenters. The molecule has 2 aromatic carbocycles. The molecule has 0 bridgehead atoms. The number of hydrogen-bond donors (Lipinski definition) is 2. The number of pyridine rings is 1. The molecule has 0 amide bonds. The van der Waals surface area contributed by atoms with Crippen LogP contribution in [0, 0.1) is 9.49 Å². The number of sulfonamides is 1. The summed E-state index contributed by atoms with van der Waals surface area (Å²) in [4.78, 5) is 12.4. The molecule has 1 aromatic heterocycles. The SMILES string of the molecule is CC(C)[C@](NS(=O)(=O)c1ccc(Oc2ccc(I)cc2)cc1)(C(=O)O)S(=O)(=O)c1cccnc1. The minimum Gasteiger partial charge on any atom is -0.479 e. The summed E-state index contributed by atoms with van der Waals surface area (Å²) in [6.45, 7) is 2.62. The van der Waals surface area contributed by atoms with E-state index in [1.165, 1.54) is 50.4 Å². The van der Waals surface area contributed by atoms with E-state index in [-0.39, 0.29) is 4.90 Å². The number of ether oxygens (including phenoxy) is 1. The zero-order valence-corrected chi connectivity index (χ0v) is 21.8. The Morgan fingerprint density at radius 1 is 0.971 bits per heavy atom. The first-order valence-corrected chi connectivity index (χ1v) is 13.9. The highest BCUT2D eigenvalue weighted by atomic mass is 127. The molecule has 180 valence electrons. The van der Waals surface area contributed by atoms with E-state index in [2.05, 4.69) is 27.6 Å². The number of rotatable bonds is 9. The number of hydrogen-bond acceptors (Lipinski definition) is 7. The maximum Gasteiger partial charge on any atom is 0.341 e. The number of carbonyl (C=O) groups is 1. The van der Waals surface area contributed by atoms with Crippen molar-refractivity contribution in [2.24, 2.45) is 5.92 Å². The first kappa shape index (κ1) is 26.1. The molecule has 0 saturated heterocycles. The number of aromatic nitrogens is 1. The van der Waals surface area contributed by atoms with Crippen LogP contribution >= 0.6 is 22.6 Å². The fourth-order valence-corrected chi connectivity index (χ4v) is 7.31. The Morgan fingerprint density at radius 2 is 1.53 bits per heavy atom. The minimum absolute atomic E-state index is 0.324. The maximum absolute atomic E-state index is 13.4. The minimum atomic E-state index is -4.73. The molecule has 12 heteroatoms. The molecule has 3 aromatic rings. The number of benzene rings is 2. The zero-order chi connectivity index (χ0) is 25.1. The highest BCUT2D eigenvalue weighted by molar-refractivity contribution is 14.1. The van der Waals surface area contributed by atoms with Crippen LogP contribution in [0.1, 0.15) is 13.8 Å². The van der Waals surface area contributed by atoms with Gasteiger partial charge >= 0.3 is 5.97 Å². The van der Waals surface area contributed by atoms with E-state index in [1.54, 1.807) is 12.1 Å². The average Bonchev–Trinajstić information content (AvgIpc) is 2.79. The van der Waals surface area contributed by atoms with Gasteiger partial charge in [-0.2, -0.15) is 4.72 Å². The zero-order valence-electron chi connectivity index (χ0n) is 18.0. The summed E-state index contributed by atoms with van der Waals surface area (Å²) < 4.78 is 61.7. The molecule has 0 aliphatic carbocycles. The molecule has 3 rings (SSSR count). The van der Waals surface area contributed by atoms with Crippen molar-refractivity contribution < 1.29 is 31.5 Å². The van der Waals surface area contributed by atoms with E-state index in [0.717, 1.165) is 15.8 Å². The predicted octanol–water partition coefficient (Wildman–Crippen LogP) is 3.67. The molecule has 0 fully saturated rings. The van der Waals surface area contributed by atoms with Crippen LogP contribution in [0.15, 0.2) is 82.8 Å². The van der Waals surface area contributed by atoms with Gasteiger partial charge in [-0.3, -0.25) is 4.98 Å². The molecule has 34 heavy (non-hydrogen) atoms. The van der Waals surface area contributed by atoms with Crippen LogP contribution in [0.5, 0.6) is 11.5 Å². The predicted molar refractivity (Wildman–Crippen MR) is 133 cm³/mol. The van der Waals surface area contributed by atoms with Crippen LogP contribution in [0.4, 0.5) is 0 Å². The molecule has 0 aliphatic heterocycles. The third-order valence-electron chi connectivity index (χ3n) is 4.97. The second kappa shape index (κ2) is 9.98. The Bertz CT molecular complexity index is 1380. The first-order chi connectivity index (χ1) is 15.9. The lowest BCUT2D eigenvalue weighted by Crippen LogP contribution is -2.63. The van der Waals surface area contributed by atoms with E-state index in [0.29, 0.717) is 11.5 Å². The number of aliphatic carboxylic acids is 1. The summed E-state index contributed by atoms with van der Waals surface area (Å²) in [5.41, 5.74) is 0. The van der Waals surface area contributed by atoms with E-state index < -0.39 is 41.5 Å². The fourth-order valence-electron chi connectivity index (χ4n) is 3.16. The van der Waals surface area contributed by atoms with Crippen molar-refractivity contribution in [3.05, 3.63) is 76.6 Å².